The lowest BCUT2D eigenvalue weighted by atomic mass is 10.3. The fraction of sp³-hybridized carbons (Fsp3) is 0.0769. The van der Waals surface area contributed by atoms with E-state index >= 15 is 0 Å². The van der Waals surface area contributed by atoms with Crippen LogP contribution in [0.5, 0.6) is 0 Å². The standard InChI is InChI=1S/C13H10N4OS/c1-9(18)16-10-2-4-12(5-3-10)19-13-15-7-6-11(8-14)17-13/h2-7H,1H3,(H,16,18). The lowest BCUT2D eigenvalue weighted by Gasteiger charge is -2.03. The molecule has 1 aromatic carbocycles. The number of rotatable bonds is 3. The third-order valence-corrected chi connectivity index (χ3v) is 3.02. The van der Waals surface area contributed by atoms with E-state index in [-0.39, 0.29) is 5.91 Å². The van der Waals surface area contributed by atoms with Crippen molar-refractivity contribution in [2.75, 3.05) is 5.32 Å². The van der Waals surface area contributed by atoms with Crippen LogP contribution in [0.2, 0.25) is 0 Å². The number of nitrogens with zero attached hydrogens (tertiary/aromatic N) is 3. The Hall–Kier alpha value is -2.39. The number of benzene rings is 1. The maximum Gasteiger partial charge on any atom is 0.221 e. The van der Waals surface area contributed by atoms with Gasteiger partial charge in [-0.05, 0) is 42.1 Å². The van der Waals surface area contributed by atoms with Crippen LogP contribution in [0.4, 0.5) is 5.69 Å². The Bertz CT molecular complexity index is 634. The molecule has 6 heteroatoms. The van der Waals surface area contributed by atoms with Gasteiger partial charge in [0.2, 0.25) is 5.91 Å². The van der Waals surface area contributed by atoms with Gasteiger partial charge in [0.05, 0.1) is 0 Å². The van der Waals surface area contributed by atoms with Crippen LogP contribution in [-0.4, -0.2) is 15.9 Å². The number of nitrogens with one attached hydrogen (secondary N) is 1. The van der Waals surface area contributed by atoms with Crippen molar-refractivity contribution in [1.82, 2.24) is 9.97 Å². The highest BCUT2D eigenvalue weighted by Crippen LogP contribution is 2.25. The van der Waals surface area contributed by atoms with E-state index in [1.165, 1.54) is 18.7 Å². The fourth-order valence-electron chi connectivity index (χ4n) is 1.37. The Labute approximate surface area is 114 Å². The van der Waals surface area contributed by atoms with E-state index in [1.807, 2.05) is 18.2 Å². The minimum atomic E-state index is -0.106. The molecule has 0 aliphatic heterocycles. The van der Waals surface area contributed by atoms with Crippen molar-refractivity contribution in [3.05, 3.63) is 42.2 Å². The molecule has 94 valence electrons. The zero-order valence-corrected chi connectivity index (χ0v) is 10.9. The van der Waals surface area contributed by atoms with Crippen LogP contribution in [0.1, 0.15) is 12.6 Å². The molecule has 0 saturated carbocycles. The molecule has 2 aromatic rings. The molecule has 0 bridgehead atoms. The molecule has 1 N–H and O–H groups in total. The van der Waals surface area contributed by atoms with E-state index < -0.39 is 0 Å². The van der Waals surface area contributed by atoms with Crippen LogP contribution < -0.4 is 5.32 Å². The van der Waals surface area contributed by atoms with Gasteiger partial charge in [0, 0.05) is 23.7 Å². The Kier molecular flexibility index (Phi) is 4.11. The van der Waals surface area contributed by atoms with E-state index in [2.05, 4.69) is 15.3 Å². The molecule has 1 amide bonds. The highest BCUT2D eigenvalue weighted by atomic mass is 32.2. The molecule has 0 aliphatic carbocycles. The second-order valence-corrected chi connectivity index (χ2v) is 4.68. The van der Waals surface area contributed by atoms with Crippen LogP contribution in [0.3, 0.4) is 0 Å². The molecule has 0 radical (unpaired) electrons. The first-order valence-corrected chi connectivity index (χ1v) is 6.27. The monoisotopic (exact) mass is 270 g/mol. The average Bonchev–Trinajstić information content (AvgIpc) is 2.41. The molecule has 1 heterocycles. The van der Waals surface area contributed by atoms with Crippen LogP contribution in [-0.2, 0) is 4.79 Å². The first kappa shape index (κ1) is 13.1. The number of aromatic nitrogens is 2. The zero-order chi connectivity index (χ0) is 13.7. The number of nitriles is 1. The molecule has 0 saturated heterocycles. The van der Waals surface area contributed by atoms with Crippen LogP contribution in [0.25, 0.3) is 0 Å². The largest absolute Gasteiger partial charge is 0.326 e. The Morgan fingerprint density at radius 2 is 2.05 bits per heavy atom. The van der Waals surface area contributed by atoms with Gasteiger partial charge in [-0.1, -0.05) is 0 Å². The molecule has 0 spiro atoms. The fourth-order valence-corrected chi connectivity index (χ4v) is 2.11. The summed E-state index contributed by atoms with van der Waals surface area (Å²) in [5, 5.41) is 12.0. The summed E-state index contributed by atoms with van der Waals surface area (Å²) in [6.45, 7) is 1.46. The number of hydrogen-bond acceptors (Lipinski definition) is 5. The first-order chi connectivity index (χ1) is 9.17. The Morgan fingerprint density at radius 1 is 1.32 bits per heavy atom. The summed E-state index contributed by atoms with van der Waals surface area (Å²) in [4.78, 5) is 20.0. The van der Waals surface area contributed by atoms with Crippen LogP contribution >= 0.6 is 11.8 Å². The van der Waals surface area contributed by atoms with E-state index in [0.29, 0.717) is 10.9 Å². The summed E-state index contributed by atoms with van der Waals surface area (Å²) in [7, 11) is 0. The molecular formula is C13H10N4OS. The van der Waals surface area contributed by atoms with E-state index in [9.17, 15) is 4.79 Å². The smallest absolute Gasteiger partial charge is 0.221 e. The second kappa shape index (κ2) is 5.98. The molecule has 5 nitrogen and oxygen atoms in total. The molecule has 1 aromatic heterocycles. The predicted molar refractivity (Wildman–Crippen MR) is 71.6 cm³/mol. The molecule has 19 heavy (non-hydrogen) atoms. The highest BCUT2D eigenvalue weighted by Gasteiger charge is 2.02. The molecule has 2 rings (SSSR count). The summed E-state index contributed by atoms with van der Waals surface area (Å²) >= 11 is 1.36. The van der Waals surface area contributed by atoms with Crippen molar-refractivity contribution in [2.45, 2.75) is 17.0 Å². The highest BCUT2D eigenvalue weighted by molar-refractivity contribution is 7.99. The van der Waals surface area contributed by atoms with Gasteiger partial charge >= 0.3 is 0 Å². The average molecular weight is 270 g/mol. The number of carbonyl (C=O) groups excluding carboxylic acids is 1. The predicted octanol–water partition coefficient (Wildman–Crippen LogP) is 2.46. The summed E-state index contributed by atoms with van der Waals surface area (Å²) in [6.07, 6.45) is 1.56. The van der Waals surface area contributed by atoms with Gasteiger partial charge in [-0.2, -0.15) is 5.26 Å². The Balaban J connectivity index is 2.11. The van der Waals surface area contributed by atoms with Gasteiger partial charge in [-0.15, -0.1) is 0 Å². The van der Waals surface area contributed by atoms with Crippen molar-refractivity contribution < 1.29 is 4.79 Å². The first-order valence-electron chi connectivity index (χ1n) is 5.46. The lowest BCUT2D eigenvalue weighted by Crippen LogP contribution is -2.05. The molecule has 0 unspecified atom stereocenters. The summed E-state index contributed by atoms with van der Waals surface area (Å²) in [5.74, 6) is -0.106. The SMILES string of the molecule is CC(=O)Nc1ccc(Sc2nccc(C#N)n2)cc1. The van der Waals surface area contributed by atoms with Gasteiger partial charge in [0.25, 0.3) is 0 Å². The lowest BCUT2D eigenvalue weighted by molar-refractivity contribution is -0.114. The van der Waals surface area contributed by atoms with Gasteiger partial charge in [-0.3, -0.25) is 4.79 Å². The van der Waals surface area contributed by atoms with Crippen LogP contribution in [0, 0.1) is 11.3 Å². The third-order valence-electron chi connectivity index (χ3n) is 2.13. The van der Waals surface area contributed by atoms with E-state index in [0.717, 1.165) is 10.6 Å². The second-order valence-electron chi connectivity index (χ2n) is 3.64. The molecule has 0 fully saturated rings. The Morgan fingerprint density at radius 3 is 2.68 bits per heavy atom. The van der Waals surface area contributed by atoms with Crippen LogP contribution in [0.15, 0.2) is 46.6 Å². The van der Waals surface area contributed by atoms with Crippen molar-refractivity contribution in [3.8, 4) is 6.07 Å². The number of carbonyl (C=O) groups is 1. The number of amides is 1. The zero-order valence-electron chi connectivity index (χ0n) is 10.1. The summed E-state index contributed by atoms with van der Waals surface area (Å²) < 4.78 is 0. The van der Waals surface area contributed by atoms with Crippen molar-refractivity contribution in [1.29, 1.82) is 5.26 Å². The van der Waals surface area contributed by atoms with E-state index in [1.54, 1.807) is 24.4 Å². The summed E-state index contributed by atoms with van der Waals surface area (Å²) in [5.41, 5.74) is 1.08. The van der Waals surface area contributed by atoms with Gasteiger partial charge in [0.1, 0.15) is 11.8 Å². The quantitative estimate of drug-likeness (QED) is 0.867. The van der Waals surface area contributed by atoms with E-state index in [4.69, 9.17) is 5.26 Å². The number of anilines is 1. The normalized spacial score (nSPS) is 9.68. The topological polar surface area (TPSA) is 78.7 Å². The minimum Gasteiger partial charge on any atom is -0.326 e. The molecule has 0 aliphatic rings. The summed E-state index contributed by atoms with van der Waals surface area (Å²) in [6, 6.07) is 10.9. The van der Waals surface area contributed by atoms with Gasteiger partial charge in [-0.25, -0.2) is 9.97 Å². The third kappa shape index (κ3) is 3.79. The van der Waals surface area contributed by atoms with Crippen molar-refractivity contribution in [3.63, 3.8) is 0 Å². The molecular weight excluding hydrogens is 260 g/mol. The maximum atomic E-state index is 10.9. The minimum absolute atomic E-state index is 0.106. The van der Waals surface area contributed by atoms with Crippen molar-refractivity contribution in [2.24, 2.45) is 0 Å². The van der Waals surface area contributed by atoms with Crippen molar-refractivity contribution >= 4 is 23.4 Å². The maximum absolute atomic E-state index is 10.9. The molecule has 0 atom stereocenters. The van der Waals surface area contributed by atoms with Gasteiger partial charge < -0.3 is 5.32 Å². The number of hydrogen-bond donors (Lipinski definition) is 1. The van der Waals surface area contributed by atoms with Gasteiger partial charge in [0.15, 0.2) is 5.16 Å².